The molecule has 1 fully saturated rings. The molecule has 2 aromatic heterocycles. The van der Waals surface area contributed by atoms with Crippen LogP contribution in [0.2, 0.25) is 0 Å². The summed E-state index contributed by atoms with van der Waals surface area (Å²) in [7, 11) is 1.74. The third-order valence-corrected chi connectivity index (χ3v) is 5.26. The number of carbonyl (C=O) groups is 1. The Kier molecular flexibility index (Phi) is 5.01. The van der Waals surface area contributed by atoms with E-state index in [9.17, 15) is 14.4 Å². The zero-order valence-electron chi connectivity index (χ0n) is 16.4. The van der Waals surface area contributed by atoms with Crippen molar-refractivity contribution in [1.29, 1.82) is 0 Å². The molecule has 10 heteroatoms. The molecule has 0 unspecified atom stereocenters. The summed E-state index contributed by atoms with van der Waals surface area (Å²) < 4.78 is 2.94. The van der Waals surface area contributed by atoms with Gasteiger partial charge in [0.05, 0.1) is 11.0 Å². The smallest absolute Gasteiger partial charge is 0.316 e. The molecule has 10 nitrogen and oxygen atoms in total. The van der Waals surface area contributed by atoms with Gasteiger partial charge in [0.25, 0.3) is 5.91 Å². The SMILES string of the molecule is CCn1c(=O)c(=O)[nH]c2cc(C(=O)Nc3nc(C4CCNCC4)nn3C)ccc21. The van der Waals surface area contributed by atoms with Crippen LogP contribution in [0.5, 0.6) is 0 Å². The lowest BCUT2D eigenvalue weighted by Crippen LogP contribution is -2.36. The number of amides is 1. The van der Waals surface area contributed by atoms with Crippen molar-refractivity contribution in [3.8, 4) is 0 Å². The van der Waals surface area contributed by atoms with Gasteiger partial charge in [-0.15, -0.1) is 0 Å². The molecule has 0 aliphatic carbocycles. The third kappa shape index (κ3) is 3.58. The van der Waals surface area contributed by atoms with E-state index in [-0.39, 0.29) is 11.8 Å². The number of hydrogen-bond donors (Lipinski definition) is 3. The molecular weight excluding hydrogens is 374 g/mol. The number of aromatic nitrogens is 5. The third-order valence-electron chi connectivity index (χ3n) is 5.26. The number of benzene rings is 1. The fraction of sp³-hybridized carbons (Fsp3) is 0.421. The van der Waals surface area contributed by atoms with Crippen molar-refractivity contribution >= 4 is 22.9 Å². The first-order valence-electron chi connectivity index (χ1n) is 9.67. The van der Waals surface area contributed by atoms with Crippen LogP contribution >= 0.6 is 0 Å². The molecule has 3 heterocycles. The van der Waals surface area contributed by atoms with E-state index in [0.29, 0.717) is 29.1 Å². The van der Waals surface area contributed by atoms with Gasteiger partial charge in [-0.05, 0) is 51.1 Å². The number of H-pyrrole nitrogens is 1. The summed E-state index contributed by atoms with van der Waals surface area (Å²) in [6.45, 7) is 4.02. The van der Waals surface area contributed by atoms with Gasteiger partial charge in [-0.3, -0.25) is 19.7 Å². The number of aromatic amines is 1. The summed E-state index contributed by atoms with van der Waals surface area (Å²) in [5.41, 5.74) is 0.0254. The van der Waals surface area contributed by atoms with Gasteiger partial charge < -0.3 is 14.9 Å². The van der Waals surface area contributed by atoms with Crippen LogP contribution in [0, 0.1) is 0 Å². The number of hydrogen-bond acceptors (Lipinski definition) is 6. The van der Waals surface area contributed by atoms with Gasteiger partial charge in [-0.25, -0.2) is 4.68 Å². The first-order valence-corrected chi connectivity index (χ1v) is 9.67. The molecule has 29 heavy (non-hydrogen) atoms. The summed E-state index contributed by atoms with van der Waals surface area (Å²) in [6, 6.07) is 4.83. The second kappa shape index (κ2) is 7.63. The predicted molar refractivity (Wildman–Crippen MR) is 108 cm³/mol. The predicted octanol–water partition coefficient (Wildman–Crippen LogP) is 0.558. The second-order valence-electron chi connectivity index (χ2n) is 7.13. The molecule has 0 atom stereocenters. The van der Waals surface area contributed by atoms with Crippen LogP contribution in [0.25, 0.3) is 11.0 Å². The van der Waals surface area contributed by atoms with Gasteiger partial charge in [0.1, 0.15) is 0 Å². The highest BCUT2D eigenvalue weighted by Gasteiger charge is 2.21. The first-order chi connectivity index (χ1) is 14.0. The Balaban J connectivity index is 1.61. The van der Waals surface area contributed by atoms with Crippen molar-refractivity contribution in [2.75, 3.05) is 18.4 Å². The van der Waals surface area contributed by atoms with Crippen molar-refractivity contribution in [2.45, 2.75) is 32.2 Å². The first kappa shape index (κ1) is 19.1. The maximum Gasteiger partial charge on any atom is 0.316 e. The highest BCUT2D eigenvalue weighted by molar-refractivity contribution is 6.05. The van der Waals surface area contributed by atoms with Crippen molar-refractivity contribution in [3.05, 3.63) is 50.3 Å². The number of anilines is 1. The fourth-order valence-corrected chi connectivity index (χ4v) is 3.67. The molecule has 4 rings (SSSR count). The summed E-state index contributed by atoms with van der Waals surface area (Å²) in [4.78, 5) is 43.6. The number of nitrogens with one attached hydrogen (secondary N) is 3. The Morgan fingerprint density at radius 1 is 1.28 bits per heavy atom. The summed E-state index contributed by atoms with van der Waals surface area (Å²) >= 11 is 0. The lowest BCUT2D eigenvalue weighted by molar-refractivity contribution is 0.102. The van der Waals surface area contributed by atoms with E-state index in [1.54, 1.807) is 36.9 Å². The molecule has 0 spiro atoms. The van der Waals surface area contributed by atoms with E-state index in [1.807, 2.05) is 0 Å². The zero-order chi connectivity index (χ0) is 20.5. The Hall–Kier alpha value is -3.27. The van der Waals surface area contributed by atoms with Gasteiger partial charge in [-0.1, -0.05) is 0 Å². The number of fused-ring (bicyclic) bond motifs is 1. The molecule has 0 bridgehead atoms. The average Bonchev–Trinajstić information content (AvgIpc) is 3.09. The number of aryl methyl sites for hydroxylation is 2. The van der Waals surface area contributed by atoms with Gasteiger partial charge >= 0.3 is 11.1 Å². The van der Waals surface area contributed by atoms with Gasteiger partial charge in [0.2, 0.25) is 5.95 Å². The summed E-state index contributed by atoms with van der Waals surface area (Å²) in [6.07, 6.45) is 1.93. The minimum atomic E-state index is -0.711. The number of nitrogens with zero attached hydrogens (tertiary/aromatic N) is 4. The largest absolute Gasteiger partial charge is 0.317 e. The van der Waals surface area contributed by atoms with E-state index in [4.69, 9.17) is 0 Å². The van der Waals surface area contributed by atoms with Gasteiger partial charge in [0, 0.05) is 25.1 Å². The second-order valence-corrected chi connectivity index (χ2v) is 7.13. The van der Waals surface area contributed by atoms with Gasteiger partial charge in [0.15, 0.2) is 5.82 Å². The number of carbonyl (C=O) groups excluding carboxylic acids is 1. The van der Waals surface area contributed by atoms with Crippen molar-refractivity contribution in [1.82, 2.24) is 29.6 Å². The maximum absolute atomic E-state index is 12.7. The molecule has 1 saturated heterocycles. The molecule has 1 aliphatic heterocycles. The Morgan fingerprint density at radius 2 is 2.03 bits per heavy atom. The van der Waals surface area contributed by atoms with Crippen molar-refractivity contribution < 1.29 is 4.79 Å². The fourth-order valence-electron chi connectivity index (χ4n) is 3.67. The van der Waals surface area contributed by atoms with Crippen LogP contribution in [0.15, 0.2) is 27.8 Å². The minimum Gasteiger partial charge on any atom is -0.317 e. The van der Waals surface area contributed by atoms with Crippen LogP contribution < -0.4 is 21.8 Å². The maximum atomic E-state index is 12.7. The lowest BCUT2D eigenvalue weighted by Gasteiger charge is -2.19. The Labute approximate surface area is 166 Å². The monoisotopic (exact) mass is 397 g/mol. The Morgan fingerprint density at radius 3 is 2.76 bits per heavy atom. The average molecular weight is 397 g/mol. The van der Waals surface area contributed by atoms with E-state index in [0.717, 1.165) is 31.8 Å². The summed E-state index contributed by atoms with van der Waals surface area (Å²) in [5.74, 6) is 1.02. The van der Waals surface area contributed by atoms with Crippen LogP contribution in [0.1, 0.15) is 41.9 Å². The van der Waals surface area contributed by atoms with E-state index < -0.39 is 11.1 Å². The molecule has 3 N–H and O–H groups in total. The van der Waals surface area contributed by atoms with Crippen molar-refractivity contribution in [2.24, 2.45) is 7.05 Å². The quantitative estimate of drug-likeness (QED) is 0.552. The summed E-state index contributed by atoms with van der Waals surface area (Å²) in [5, 5.41) is 10.5. The van der Waals surface area contributed by atoms with Crippen LogP contribution in [0.4, 0.5) is 5.95 Å². The molecule has 3 aromatic rings. The van der Waals surface area contributed by atoms with Gasteiger partial charge in [-0.2, -0.15) is 10.1 Å². The minimum absolute atomic E-state index is 0.282. The van der Waals surface area contributed by atoms with E-state index in [2.05, 4.69) is 25.7 Å². The van der Waals surface area contributed by atoms with Crippen LogP contribution in [0.3, 0.4) is 0 Å². The highest BCUT2D eigenvalue weighted by atomic mass is 16.2. The Bertz CT molecular complexity index is 1180. The highest BCUT2D eigenvalue weighted by Crippen LogP contribution is 2.23. The van der Waals surface area contributed by atoms with Crippen molar-refractivity contribution in [3.63, 3.8) is 0 Å². The topological polar surface area (TPSA) is 127 Å². The zero-order valence-corrected chi connectivity index (χ0v) is 16.4. The molecule has 1 aromatic carbocycles. The van der Waals surface area contributed by atoms with E-state index in [1.165, 1.54) is 4.57 Å². The number of piperidine rings is 1. The molecule has 1 aliphatic rings. The van der Waals surface area contributed by atoms with E-state index >= 15 is 0 Å². The van der Waals surface area contributed by atoms with Crippen LogP contribution in [-0.2, 0) is 13.6 Å². The van der Waals surface area contributed by atoms with Crippen LogP contribution in [-0.4, -0.2) is 43.3 Å². The molecule has 152 valence electrons. The lowest BCUT2D eigenvalue weighted by atomic mass is 9.98. The standard InChI is InChI=1S/C19H23N7O3/c1-3-26-14-5-4-12(10-13(14)21-17(28)18(26)29)16(27)23-19-22-15(24-25(19)2)11-6-8-20-9-7-11/h4-5,10-11,20H,3,6-9H2,1-2H3,(H,21,28)(H,22,23,24,27). The normalized spacial score (nSPS) is 15.0. The molecule has 1 amide bonds. The molecule has 0 radical (unpaired) electrons. The molecular formula is C19H23N7O3. The molecule has 0 saturated carbocycles. The number of rotatable bonds is 4.